The van der Waals surface area contributed by atoms with Gasteiger partial charge in [-0.2, -0.15) is 0 Å². The molecule has 2 N–H and O–H groups in total. The number of barbiturate groups is 1. The summed E-state index contributed by atoms with van der Waals surface area (Å²) in [5, 5.41) is 4.94. The number of nitrogens with one attached hydrogen (secondary N) is 2. The Morgan fingerprint density at radius 2 is 1.68 bits per heavy atom. The molecule has 1 heterocycles. The summed E-state index contributed by atoms with van der Waals surface area (Å²) in [7, 11) is 0. The Balaban J connectivity index is 1.47. The minimum atomic E-state index is -0.840. The molecule has 5 amide bonds. The molecule has 1 fully saturated rings. The lowest BCUT2D eigenvalue weighted by Crippen LogP contribution is -2.54. The number of ether oxygens (including phenoxy) is 2. The fourth-order valence-electron chi connectivity index (χ4n) is 3.59. The molecular formula is C28H25N3O6. The average molecular weight is 500 g/mol. The molecule has 4 rings (SSSR count). The molecule has 0 aromatic heterocycles. The Labute approximate surface area is 213 Å². The van der Waals surface area contributed by atoms with Gasteiger partial charge >= 0.3 is 6.03 Å². The van der Waals surface area contributed by atoms with E-state index in [0.29, 0.717) is 35.0 Å². The summed E-state index contributed by atoms with van der Waals surface area (Å²) in [6.45, 7) is 4.05. The van der Waals surface area contributed by atoms with Gasteiger partial charge in [-0.05, 0) is 74.0 Å². The molecule has 9 heteroatoms. The van der Waals surface area contributed by atoms with Crippen LogP contribution in [0.15, 0.2) is 78.4 Å². The number of urea groups is 1. The normalized spacial score (nSPS) is 14.4. The van der Waals surface area contributed by atoms with Crippen molar-refractivity contribution in [2.24, 2.45) is 0 Å². The van der Waals surface area contributed by atoms with Gasteiger partial charge in [-0.3, -0.25) is 19.7 Å². The number of hydrogen-bond acceptors (Lipinski definition) is 6. The van der Waals surface area contributed by atoms with Gasteiger partial charge in [0.2, 0.25) is 0 Å². The first-order valence-corrected chi connectivity index (χ1v) is 11.6. The van der Waals surface area contributed by atoms with Gasteiger partial charge in [-0.15, -0.1) is 0 Å². The largest absolute Gasteiger partial charge is 0.494 e. The fraction of sp³-hybridized carbons (Fsp3) is 0.143. The minimum Gasteiger partial charge on any atom is -0.494 e. The van der Waals surface area contributed by atoms with E-state index in [9.17, 15) is 19.2 Å². The maximum atomic E-state index is 13.1. The summed E-state index contributed by atoms with van der Waals surface area (Å²) in [6.07, 6.45) is 1.37. The van der Waals surface area contributed by atoms with Crippen LogP contribution in [0.5, 0.6) is 11.5 Å². The van der Waals surface area contributed by atoms with Crippen molar-refractivity contribution in [1.29, 1.82) is 0 Å². The number of imide groups is 2. The van der Waals surface area contributed by atoms with Gasteiger partial charge in [-0.25, -0.2) is 9.69 Å². The first-order valence-electron chi connectivity index (χ1n) is 11.6. The third kappa shape index (κ3) is 6.21. The van der Waals surface area contributed by atoms with Crippen LogP contribution < -0.4 is 25.0 Å². The SMILES string of the molecule is CCOc1ccc(N2C(=O)NC(=O)/C(=C/c3cccc(OCC(=O)Nc4ccc(C)cc4)c3)C2=O)cc1. The Bertz CT molecular complexity index is 1360. The van der Waals surface area contributed by atoms with E-state index in [2.05, 4.69) is 10.6 Å². The fourth-order valence-corrected chi connectivity index (χ4v) is 3.59. The van der Waals surface area contributed by atoms with E-state index in [1.54, 1.807) is 60.7 Å². The zero-order valence-corrected chi connectivity index (χ0v) is 20.3. The number of hydrogen-bond donors (Lipinski definition) is 2. The number of aryl methyl sites for hydroxylation is 1. The van der Waals surface area contributed by atoms with Crippen LogP contribution in [-0.2, 0) is 14.4 Å². The molecular weight excluding hydrogens is 474 g/mol. The van der Waals surface area contributed by atoms with Crippen LogP contribution in [0.1, 0.15) is 18.1 Å². The summed E-state index contributed by atoms with van der Waals surface area (Å²) < 4.78 is 11.0. The lowest BCUT2D eigenvalue weighted by Gasteiger charge is -2.26. The van der Waals surface area contributed by atoms with Crippen molar-refractivity contribution >= 4 is 41.2 Å². The predicted octanol–water partition coefficient (Wildman–Crippen LogP) is 4.08. The number of anilines is 2. The van der Waals surface area contributed by atoms with Crippen LogP contribution in [-0.4, -0.2) is 37.0 Å². The van der Waals surface area contributed by atoms with Crippen LogP contribution >= 0.6 is 0 Å². The third-order valence-corrected chi connectivity index (χ3v) is 5.38. The van der Waals surface area contributed by atoms with E-state index in [1.165, 1.54) is 6.08 Å². The second kappa shape index (κ2) is 11.2. The second-order valence-corrected chi connectivity index (χ2v) is 8.16. The molecule has 1 aliphatic heterocycles. The molecule has 1 saturated heterocycles. The highest BCUT2D eigenvalue weighted by atomic mass is 16.5. The van der Waals surface area contributed by atoms with E-state index in [-0.39, 0.29) is 18.1 Å². The standard InChI is InChI=1S/C28H25N3O6/c1-3-36-22-13-11-21(12-14-22)31-27(34)24(26(33)30-28(31)35)16-19-5-4-6-23(15-19)37-17-25(32)29-20-9-7-18(2)8-10-20/h4-16H,3,17H2,1-2H3,(H,29,32)(H,30,33,35)/b24-16-. The number of nitrogens with zero attached hydrogens (tertiary/aromatic N) is 1. The van der Waals surface area contributed by atoms with Crippen molar-refractivity contribution in [2.75, 3.05) is 23.4 Å². The Morgan fingerprint density at radius 1 is 0.946 bits per heavy atom. The first-order chi connectivity index (χ1) is 17.8. The lowest BCUT2D eigenvalue weighted by atomic mass is 10.1. The van der Waals surface area contributed by atoms with E-state index < -0.39 is 17.8 Å². The highest BCUT2D eigenvalue weighted by molar-refractivity contribution is 6.39. The molecule has 0 saturated carbocycles. The van der Waals surface area contributed by atoms with Crippen molar-refractivity contribution in [3.63, 3.8) is 0 Å². The number of rotatable bonds is 8. The molecule has 0 bridgehead atoms. The maximum absolute atomic E-state index is 13.1. The molecule has 188 valence electrons. The highest BCUT2D eigenvalue weighted by Crippen LogP contribution is 2.25. The van der Waals surface area contributed by atoms with E-state index in [0.717, 1.165) is 10.5 Å². The predicted molar refractivity (Wildman–Crippen MR) is 138 cm³/mol. The minimum absolute atomic E-state index is 0.220. The summed E-state index contributed by atoms with van der Waals surface area (Å²) in [5.41, 5.74) is 2.29. The molecule has 3 aromatic rings. The summed E-state index contributed by atoms with van der Waals surface area (Å²) in [6, 6.07) is 19.5. The van der Waals surface area contributed by atoms with Crippen molar-refractivity contribution in [2.45, 2.75) is 13.8 Å². The average Bonchev–Trinajstić information content (AvgIpc) is 2.88. The van der Waals surface area contributed by atoms with Gasteiger partial charge in [0.05, 0.1) is 12.3 Å². The zero-order valence-electron chi connectivity index (χ0n) is 20.3. The first kappa shape index (κ1) is 25.2. The van der Waals surface area contributed by atoms with Crippen molar-refractivity contribution < 1.29 is 28.7 Å². The molecule has 0 spiro atoms. The topological polar surface area (TPSA) is 114 Å². The lowest BCUT2D eigenvalue weighted by molar-refractivity contribution is -0.122. The molecule has 9 nitrogen and oxygen atoms in total. The molecule has 0 aliphatic carbocycles. The monoisotopic (exact) mass is 499 g/mol. The van der Waals surface area contributed by atoms with Gasteiger partial charge in [0.1, 0.15) is 17.1 Å². The van der Waals surface area contributed by atoms with Crippen molar-refractivity contribution in [1.82, 2.24) is 5.32 Å². The van der Waals surface area contributed by atoms with Gasteiger partial charge in [0, 0.05) is 5.69 Å². The Hall–Kier alpha value is -4.92. The van der Waals surface area contributed by atoms with E-state index in [1.807, 2.05) is 26.0 Å². The van der Waals surface area contributed by atoms with Crippen molar-refractivity contribution in [3.8, 4) is 11.5 Å². The molecule has 0 unspecified atom stereocenters. The molecule has 0 radical (unpaired) electrons. The van der Waals surface area contributed by atoms with Crippen LogP contribution in [0.3, 0.4) is 0 Å². The third-order valence-electron chi connectivity index (χ3n) is 5.38. The molecule has 37 heavy (non-hydrogen) atoms. The Morgan fingerprint density at radius 3 is 2.38 bits per heavy atom. The van der Waals surface area contributed by atoms with Gasteiger partial charge in [0.25, 0.3) is 17.7 Å². The molecule has 1 aliphatic rings. The second-order valence-electron chi connectivity index (χ2n) is 8.16. The van der Waals surface area contributed by atoms with Crippen LogP contribution in [0.4, 0.5) is 16.2 Å². The zero-order chi connectivity index (χ0) is 26.4. The Kier molecular flexibility index (Phi) is 7.63. The summed E-state index contributed by atoms with van der Waals surface area (Å²) in [5.74, 6) is -0.939. The van der Waals surface area contributed by atoms with Crippen LogP contribution in [0.2, 0.25) is 0 Å². The highest BCUT2D eigenvalue weighted by Gasteiger charge is 2.36. The van der Waals surface area contributed by atoms with Gasteiger partial charge in [0.15, 0.2) is 6.61 Å². The quantitative estimate of drug-likeness (QED) is 0.357. The number of carbonyl (C=O) groups excluding carboxylic acids is 4. The molecule has 3 aromatic carbocycles. The van der Waals surface area contributed by atoms with Gasteiger partial charge in [-0.1, -0.05) is 29.8 Å². The summed E-state index contributed by atoms with van der Waals surface area (Å²) >= 11 is 0. The number of amides is 5. The maximum Gasteiger partial charge on any atom is 0.335 e. The number of carbonyl (C=O) groups is 4. The smallest absolute Gasteiger partial charge is 0.335 e. The van der Waals surface area contributed by atoms with E-state index in [4.69, 9.17) is 9.47 Å². The van der Waals surface area contributed by atoms with Crippen LogP contribution in [0, 0.1) is 6.92 Å². The van der Waals surface area contributed by atoms with Gasteiger partial charge < -0.3 is 14.8 Å². The summed E-state index contributed by atoms with van der Waals surface area (Å²) in [4.78, 5) is 51.1. The van der Waals surface area contributed by atoms with Crippen LogP contribution in [0.25, 0.3) is 6.08 Å². The number of benzene rings is 3. The van der Waals surface area contributed by atoms with Crippen molar-refractivity contribution in [3.05, 3.63) is 89.5 Å². The van der Waals surface area contributed by atoms with E-state index >= 15 is 0 Å². The molecule has 0 atom stereocenters.